The largest absolute Gasteiger partial charge is 0.373 e. The summed E-state index contributed by atoms with van der Waals surface area (Å²) in [5.74, 6) is 7.68. The van der Waals surface area contributed by atoms with Crippen LogP contribution >= 0.6 is 0 Å². The molecule has 0 radical (unpaired) electrons. The molecule has 0 aromatic carbocycles. The van der Waals surface area contributed by atoms with Crippen LogP contribution in [0.25, 0.3) is 0 Å². The van der Waals surface area contributed by atoms with Crippen molar-refractivity contribution in [3.8, 4) is 0 Å². The minimum atomic E-state index is -0.671. The van der Waals surface area contributed by atoms with Crippen molar-refractivity contribution in [2.75, 3.05) is 0 Å². The molecular weight excluding hydrogens is 212 g/mol. The van der Waals surface area contributed by atoms with Gasteiger partial charge in [-0.15, -0.1) is 0 Å². The fourth-order valence-electron chi connectivity index (χ4n) is 1.37. The van der Waals surface area contributed by atoms with Crippen LogP contribution in [0.4, 0.5) is 0 Å². The first-order valence-corrected chi connectivity index (χ1v) is 4.51. The van der Waals surface area contributed by atoms with Crippen LogP contribution in [0.1, 0.15) is 6.92 Å². The van der Waals surface area contributed by atoms with Crippen molar-refractivity contribution < 1.29 is 19.3 Å². The molecule has 0 spiro atoms. The molecule has 1 aliphatic rings. The second-order valence-corrected chi connectivity index (χ2v) is 3.07. The highest BCUT2D eigenvalue weighted by Gasteiger charge is 2.24. The Balaban J connectivity index is 2.97. The molecule has 0 aromatic heterocycles. The Morgan fingerprint density at radius 3 is 2.56 bits per heavy atom. The normalized spacial score (nSPS) is 21.6. The molecule has 0 heterocycles. The Kier molecular flexibility index (Phi) is 3.98. The van der Waals surface area contributed by atoms with Crippen molar-refractivity contribution in [2.24, 2.45) is 17.7 Å². The fourth-order valence-corrected chi connectivity index (χ4v) is 1.37. The molecule has 16 heavy (non-hydrogen) atoms. The van der Waals surface area contributed by atoms with Crippen LogP contribution in [0.5, 0.6) is 0 Å². The Hall–Kier alpha value is -1.92. The van der Waals surface area contributed by atoms with Crippen LogP contribution in [-0.4, -0.2) is 11.9 Å². The minimum Gasteiger partial charge on any atom is -0.373 e. The Labute approximate surface area is 92.1 Å². The van der Waals surface area contributed by atoms with Gasteiger partial charge in [0.15, 0.2) is 0 Å². The van der Waals surface area contributed by atoms with Gasteiger partial charge in [-0.25, -0.2) is 9.59 Å². The van der Waals surface area contributed by atoms with Gasteiger partial charge in [0, 0.05) is 0 Å². The highest BCUT2D eigenvalue weighted by molar-refractivity contribution is 5.94. The predicted octanol–water partition coefficient (Wildman–Crippen LogP) is -0.121. The molecule has 0 saturated heterocycles. The van der Waals surface area contributed by atoms with Crippen molar-refractivity contribution in [2.45, 2.75) is 6.92 Å². The molecule has 1 rings (SSSR count). The molecule has 1 aliphatic carbocycles. The van der Waals surface area contributed by atoms with E-state index in [-0.39, 0.29) is 5.57 Å². The van der Waals surface area contributed by atoms with Crippen molar-refractivity contribution in [1.29, 1.82) is 0 Å². The van der Waals surface area contributed by atoms with E-state index in [2.05, 4.69) is 9.68 Å². The molecule has 1 atom stereocenters. The van der Waals surface area contributed by atoms with Gasteiger partial charge in [0.25, 0.3) is 0 Å². The van der Waals surface area contributed by atoms with Gasteiger partial charge in [0.2, 0.25) is 0 Å². The van der Waals surface area contributed by atoms with E-state index >= 15 is 0 Å². The average molecular weight is 224 g/mol. The van der Waals surface area contributed by atoms with Crippen molar-refractivity contribution in [3.05, 3.63) is 35.5 Å². The lowest BCUT2D eigenvalue weighted by Gasteiger charge is -2.15. The summed E-state index contributed by atoms with van der Waals surface area (Å²) in [4.78, 5) is 30.6. The second kappa shape index (κ2) is 5.24. The quantitative estimate of drug-likeness (QED) is 0.633. The maximum absolute atomic E-state index is 11.3. The standard InChI is InChI=1S/C10H12N2O4/c1-2-6-5-7(9(13)15-11)3-4-8(6)10(14)16-12/h2-5,8H,11-12H2,1H3. The minimum absolute atomic E-state index is 0.261. The molecular formula is C10H12N2O4. The van der Waals surface area contributed by atoms with Crippen LogP contribution in [0.2, 0.25) is 0 Å². The van der Waals surface area contributed by atoms with Gasteiger partial charge < -0.3 is 9.68 Å². The van der Waals surface area contributed by atoms with Crippen LogP contribution in [-0.2, 0) is 19.3 Å². The van der Waals surface area contributed by atoms with Crippen LogP contribution < -0.4 is 11.8 Å². The number of carbonyl (C=O) groups excluding carboxylic acids is 2. The van der Waals surface area contributed by atoms with Gasteiger partial charge in [-0.3, -0.25) is 0 Å². The van der Waals surface area contributed by atoms with E-state index in [1.54, 1.807) is 13.0 Å². The summed E-state index contributed by atoms with van der Waals surface area (Å²) < 4.78 is 0. The number of allylic oxidation sites excluding steroid dienone is 2. The van der Waals surface area contributed by atoms with E-state index < -0.39 is 17.9 Å². The maximum Gasteiger partial charge on any atom is 0.356 e. The highest BCUT2D eigenvalue weighted by Crippen LogP contribution is 2.23. The summed E-state index contributed by atoms with van der Waals surface area (Å²) in [6.07, 6.45) is 6.10. The fraction of sp³-hybridized carbons (Fsp3) is 0.200. The molecule has 1 unspecified atom stereocenters. The Bertz CT molecular complexity index is 396. The van der Waals surface area contributed by atoms with E-state index in [0.717, 1.165) is 0 Å². The van der Waals surface area contributed by atoms with Gasteiger partial charge in [-0.1, -0.05) is 18.2 Å². The van der Waals surface area contributed by atoms with E-state index in [4.69, 9.17) is 11.8 Å². The molecule has 0 aromatic rings. The summed E-state index contributed by atoms with van der Waals surface area (Å²) in [5, 5.41) is 0. The van der Waals surface area contributed by atoms with Gasteiger partial charge in [0.05, 0.1) is 5.57 Å². The summed E-state index contributed by atoms with van der Waals surface area (Å²) in [5.41, 5.74) is 0.857. The topological polar surface area (TPSA) is 105 Å². The van der Waals surface area contributed by atoms with Gasteiger partial charge in [0.1, 0.15) is 5.92 Å². The summed E-state index contributed by atoms with van der Waals surface area (Å²) in [6.45, 7) is 1.73. The average Bonchev–Trinajstić information content (AvgIpc) is 2.35. The number of hydrogen-bond acceptors (Lipinski definition) is 6. The lowest BCUT2D eigenvalue weighted by Crippen LogP contribution is -2.23. The molecule has 86 valence electrons. The van der Waals surface area contributed by atoms with Crippen molar-refractivity contribution >= 4 is 11.9 Å². The van der Waals surface area contributed by atoms with E-state index in [0.29, 0.717) is 5.57 Å². The zero-order valence-electron chi connectivity index (χ0n) is 8.67. The lowest BCUT2D eigenvalue weighted by molar-refractivity contribution is -0.146. The van der Waals surface area contributed by atoms with E-state index in [1.807, 2.05) is 0 Å². The Morgan fingerprint density at radius 2 is 2.06 bits per heavy atom. The summed E-state index contributed by atoms with van der Waals surface area (Å²) in [6, 6.07) is 0. The maximum atomic E-state index is 11.3. The van der Waals surface area contributed by atoms with Crippen LogP contribution in [0.15, 0.2) is 35.5 Å². The summed E-state index contributed by atoms with van der Waals surface area (Å²) in [7, 11) is 0. The highest BCUT2D eigenvalue weighted by atomic mass is 16.7. The molecule has 0 amide bonds. The third kappa shape index (κ3) is 2.36. The predicted molar refractivity (Wildman–Crippen MR) is 55.0 cm³/mol. The third-order valence-corrected chi connectivity index (χ3v) is 2.20. The molecule has 6 nitrogen and oxygen atoms in total. The van der Waals surface area contributed by atoms with Gasteiger partial charge in [-0.2, -0.15) is 11.8 Å². The number of hydrogen-bond donors (Lipinski definition) is 2. The third-order valence-electron chi connectivity index (χ3n) is 2.20. The van der Waals surface area contributed by atoms with Gasteiger partial charge in [-0.05, 0) is 18.6 Å². The molecule has 0 saturated carbocycles. The van der Waals surface area contributed by atoms with Crippen molar-refractivity contribution in [3.63, 3.8) is 0 Å². The SMILES string of the molecule is CC=C1C=C(C(=O)ON)C=CC1C(=O)ON. The number of rotatable bonds is 2. The molecule has 0 aliphatic heterocycles. The van der Waals surface area contributed by atoms with Gasteiger partial charge >= 0.3 is 11.9 Å². The van der Waals surface area contributed by atoms with E-state index in [1.165, 1.54) is 18.2 Å². The van der Waals surface area contributed by atoms with E-state index in [9.17, 15) is 9.59 Å². The first-order chi connectivity index (χ1) is 7.63. The first kappa shape index (κ1) is 12.2. The van der Waals surface area contributed by atoms with Crippen LogP contribution in [0.3, 0.4) is 0 Å². The van der Waals surface area contributed by atoms with Crippen LogP contribution in [0, 0.1) is 5.92 Å². The molecule has 0 fully saturated rings. The lowest BCUT2D eigenvalue weighted by atomic mass is 9.91. The first-order valence-electron chi connectivity index (χ1n) is 4.51. The molecule has 6 heteroatoms. The monoisotopic (exact) mass is 224 g/mol. The second-order valence-electron chi connectivity index (χ2n) is 3.07. The molecule has 4 N–H and O–H groups in total. The van der Waals surface area contributed by atoms with Crippen molar-refractivity contribution in [1.82, 2.24) is 0 Å². The Morgan fingerprint density at radius 1 is 1.38 bits per heavy atom. The molecule has 0 bridgehead atoms. The zero-order valence-corrected chi connectivity index (χ0v) is 8.67. The number of carbonyl (C=O) groups is 2. The number of nitrogens with two attached hydrogens (primary N) is 2. The summed E-state index contributed by atoms with van der Waals surface area (Å²) >= 11 is 0. The zero-order chi connectivity index (χ0) is 12.1. The smallest absolute Gasteiger partial charge is 0.356 e.